The highest BCUT2D eigenvalue weighted by Gasteiger charge is 2.31. The van der Waals surface area contributed by atoms with Crippen molar-refractivity contribution >= 4 is 43.6 Å². The van der Waals surface area contributed by atoms with Gasteiger partial charge in [-0.05, 0) is 88.8 Å². The Morgan fingerprint density at radius 3 is 1.42 bits per heavy atom. The van der Waals surface area contributed by atoms with Gasteiger partial charge in [-0.25, -0.2) is 0 Å². The highest BCUT2D eigenvalue weighted by atomic mass is 19.4. The van der Waals surface area contributed by atoms with Gasteiger partial charge in [-0.1, -0.05) is 127 Å². The standard InChI is InChI=1S/C51H32F3N3/c1-32-24-37(26-39(25-32)51(52,53)54)44-30-50(57-46-19-11-9-17-41(46)43-23-21-36(28-48(43)57)34-14-6-3-7-15-34)49(29-38(44)31-55)56-45-18-10-8-16-40(45)42-22-20-35(27-47(42)56)33-12-4-2-5-13-33/h2-30H,1H3. The minimum Gasteiger partial charge on any atom is -0.307 e. The van der Waals surface area contributed by atoms with E-state index in [1.54, 1.807) is 13.0 Å². The smallest absolute Gasteiger partial charge is 0.307 e. The van der Waals surface area contributed by atoms with Crippen molar-refractivity contribution in [2.45, 2.75) is 13.1 Å². The van der Waals surface area contributed by atoms with Crippen LogP contribution in [0.3, 0.4) is 0 Å². The van der Waals surface area contributed by atoms with Crippen LogP contribution in [-0.4, -0.2) is 9.13 Å². The number of hydrogen-bond donors (Lipinski definition) is 0. The normalized spacial score (nSPS) is 11.8. The van der Waals surface area contributed by atoms with Gasteiger partial charge < -0.3 is 9.13 Å². The number of hydrogen-bond acceptors (Lipinski definition) is 1. The summed E-state index contributed by atoms with van der Waals surface area (Å²) >= 11 is 0. The Hall–Kier alpha value is -7.36. The van der Waals surface area contributed by atoms with Crippen molar-refractivity contribution in [2.75, 3.05) is 0 Å². The third-order valence-electron chi connectivity index (χ3n) is 11.0. The van der Waals surface area contributed by atoms with E-state index in [2.05, 4.69) is 100 Å². The summed E-state index contributed by atoms with van der Waals surface area (Å²) in [5.41, 5.74) is 10.1. The van der Waals surface area contributed by atoms with Gasteiger partial charge in [0, 0.05) is 27.1 Å². The lowest BCUT2D eigenvalue weighted by Gasteiger charge is -2.20. The molecule has 0 radical (unpaired) electrons. The van der Waals surface area contributed by atoms with Crippen LogP contribution in [0.15, 0.2) is 176 Å². The number of para-hydroxylation sites is 2. The molecule has 10 rings (SSSR count). The third-order valence-corrected chi connectivity index (χ3v) is 11.0. The zero-order valence-corrected chi connectivity index (χ0v) is 30.7. The zero-order chi connectivity index (χ0) is 38.8. The predicted octanol–water partition coefficient (Wildman–Crippen LogP) is 14.1. The fraction of sp³-hybridized carbons (Fsp3) is 0.0392. The van der Waals surface area contributed by atoms with Crippen LogP contribution >= 0.6 is 0 Å². The summed E-state index contributed by atoms with van der Waals surface area (Å²) in [6, 6.07) is 59.9. The molecule has 0 aliphatic carbocycles. The second kappa shape index (κ2) is 13.1. The summed E-state index contributed by atoms with van der Waals surface area (Å²) in [5, 5.41) is 15.0. The zero-order valence-electron chi connectivity index (χ0n) is 30.7. The molecule has 2 heterocycles. The molecule has 0 atom stereocenters. The number of nitriles is 1. The quantitative estimate of drug-likeness (QED) is 0.173. The highest BCUT2D eigenvalue weighted by Crippen LogP contribution is 2.43. The van der Waals surface area contributed by atoms with Crippen LogP contribution in [0.1, 0.15) is 16.7 Å². The van der Waals surface area contributed by atoms with Gasteiger partial charge in [0.2, 0.25) is 0 Å². The maximum atomic E-state index is 14.3. The van der Waals surface area contributed by atoms with E-state index in [1.165, 1.54) is 0 Å². The summed E-state index contributed by atoms with van der Waals surface area (Å²) in [6.45, 7) is 1.65. The molecule has 3 nitrogen and oxygen atoms in total. The molecule has 0 saturated heterocycles. The number of alkyl halides is 3. The summed E-state index contributed by atoms with van der Waals surface area (Å²) in [5.74, 6) is 0. The van der Waals surface area contributed by atoms with Crippen LogP contribution in [0.5, 0.6) is 0 Å². The van der Waals surface area contributed by atoms with Crippen LogP contribution in [0, 0.1) is 18.3 Å². The first-order valence-electron chi connectivity index (χ1n) is 18.7. The van der Waals surface area contributed by atoms with Crippen molar-refractivity contribution in [2.24, 2.45) is 0 Å². The molecular formula is C51H32F3N3. The fourth-order valence-electron chi connectivity index (χ4n) is 8.45. The minimum absolute atomic E-state index is 0.267. The SMILES string of the molecule is Cc1cc(-c2cc(-n3c4ccccc4c4ccc(-c5ccccc5)cc43)c(-n3c4ccccc4c4ccc(-c5ccccc5)cc43)cc2C#N)cc(C(F)(F)F)c1. The monoisotopic (exact) mass is 743 g/mol. The van der Waals surface area contributed by atoms with Crippen LogP contribution in [0.2, 0.25) is 0 Å². The molecule has 10 aromatic rings. The Bertz CT molecular complexity index is 3240. The van der Waals surface area contributed by atoms with E-state index in [4.69, 9.17) is 0 Å². The van der Waals surface area contributed by atoms with E-state index in [9.17, 15) is 18.4 Å². The molecule has 0 unspecified atom stereocenters. The van der Waals surface area contributed by atoms with Crippen molar-refractivity contribution in [3.8, 4) is 50.8 Å². The molecule has 57 heavy (non-hydrogen) atoms. The van der Waals surface area contributed by atoms with Gasteiger partial charge in [0.15, 0.2) is 0 Å². The fourth-order valence-corrected chi connectivity index (χ4v) is 8.45. The molecular weight excluding hydrogens is 712 g/mol. The number of fused-ring (bicyclic) bond motifs is 6. The summed E-state index contributed by atoms with van der Waals surface area (Å²) < 4.78 is 47.3. The minimum atomic E-state index is -4.56. The first-order valence-corrected chi connectivity index (χ1v) is 18.7. The summed E-state index contributed by atoms with van der Waals surface area (Å²) in [4.78, 5) is 0. The summed E-state index contributed by atoms with van der Waals surface area (Å²) in [6.07, 6.45) is -4.56. The maximum Gasteiger partial charge on any atom is 0.416 e. The number of aromatic nitrogens is 2. The average molecular weight is 744 g/mol. The molecule has 0 amide bonds. The van der Waals surface area contributed by atoms with Gasteiger partial charge in [-0.2, -0.15) is 18.4 Å². The Morgan fingerprint density at radius 2 is 0.912 bits per heavy atom. The number of aryl methyl sites for hydroxylation is 1. The van der Waals surface area contributed by atoms with Crippen molar-refractivity contribution in [3.63, 3.8) is 0 Å². The van der Waals surface area contributed by atoms with E-state index >= 15 is 0 Å². The Labute approximate surface area is 326 Å². The molecule has 0 aliphatic heterocycles. The van der Waals surface area contributed by atoms with Crippen molar-refractivity contribution in [1.82, 2.24) is 9.13 Å². The molecule has 2 aromatic heterocycles. The lowest BCUT2D eigenvalue weighted by molar-refractivity contribution is -0.137. The average Bonchev–Trinajstić information content (AvgIpc) is 3.75. The summed E-state index contributed by atoms with van der Waals surface area (Å²) in [7, 11) is 0. The topological polar surface area (TPSA) is 33.6 Å². The van der Waals surface area contributed by atoms with Crippen LogP contribution in [0.4, 0.5) is 13.2 Å². The van der Waals surface area contributed by atoms with E-state index in [-0.39, 0.29) is 5.56 Å². The largest absolute Gasteiger partial charge is 0.416 e. The van der Waals surface area contributed by atoms with Crippen LogP contribution in [-0.2, 0) is 6.18 Å². The number of halogens is 3. The van der Waals surface area contributed by atoms with Gasteiger partial charge in [0.25, 0.3) is 0 Å². The van der Waals surface area contributed by atoms with Gasteiger partial charge >= 0.3 is 6.18 Å². The Kier molecular flexibility index (Phi) is 7.88. The van der Waals surface area contributed by atoms with Crippen LogP contribution < -0.4 is 0 Å². The van der Waals surface area contributed by atoms with Crippen molar-refractivity contribution < 1.29 is 13.2 Å². The second-order valence-electron chi connectivity index (χ2n) is 14.5. The van der Waals surface area contributed by atoms with E-state index in [0.717, 1.165) is 89.4 Å². The Morgan fingerprint density at radius 1 is 0.439 bits per heavy atom. The molecule has 0 fully saturated rings. The number of benzene rings is 8. The molecule has 0 saturated carbocycles. The molecule has 8 aromatic carbocycles. The Balaban J connectivity index is 1.37. The molecule has 0 bridgehead atoms. The van der Waals surface area contributed by atoms with Gasteiger partial charge in [0.1, 0.15) is 0 Å². The van der Waals surface area contributed by atoms with Gasteiger partial charge in [-0.3, -0.25) is 0 Å². The van der Waals surface area contributed by atoms with Crippen molar-refractivity contribution in [3.05, 3.63) is 193 Å². The van der Waals surface area contributed by atoms with E-state index in [1.807, 2.05) is 72.8 Å². The molecule has 0 N–H and O–H groups in total. The molecule has 272 valence electrons. The second-order valence-corrected chi connectivity index (χ2v) is 14.5. The number of nitrogens with zero attached hydrogens (tertiary/aromatic N) is 3. The third kappa shape index (κ3) is 5.67. The lowest BCUT2D eigenvalue weighted by Crippen LogP contribution is -2.07. The molecule has 0 spiro atoms. The van der Waals surface area contributed by atoms with Crippen LogP contribution in [0.25, 0.3) is 88.4 Å². The lowest BCUT2D eigenvalue weighted by atomic mass is 9.95. The first-order chi connectivity index (χ1) is 27.8. The predicted molar refractivity (Wildman–Crippen MR) is 226 cm³/mol. The molecule has 6 heteroatoms. The highest BCUT2D eigenvalue weighted by molar-refractivity contribution is 6.13. The number of rotatable bonds is 5. The van der Waals surface area contributed by atoms with E-state index < -0.39 is 11.7 Å². The maximum absolute atomic E-state index is 14.3. The molecule has 0 aliphatic rings. The van der Waals surface area contributed by atoms with Gasteiger partial charge in [0.05, 0.1) is 50.6 Å². The van der Waals surface area contributed by atoms with E-state index in [0.29, 0.717) is 16.7 Å². The van der Waals surface area contributed by atoms with Crippen molar-refractivity contribution in [1.29, 1.82) is 5.26 Å². The van der Waals surface area contributed by atoms with Gasteiger partial charge in [-0.15, -0.1) is 0 Å². The first kappa shape index (κ1) is 34.2.